The Hall–Kier alpha value is -1.65. The minimum Gasteiger partial charge on any atom is -0.352 e. The molecule has 3 aromatic rings. The fraction of sp³-hybridized carbons (Fsp3) is 0.118. The van der Waals surface area contributed by atoms with Gasteiger partial charge in [-0.1, -0.05) is 34.1 Å². The number of carbonyl (C=O) groups excluding carboxylic acids is 1. The molecule has 1 N–H and O–H groups in total. The average Bonchev–Trinajstić information content (AvgIpc) is 3.00. The molecule has 2 aromatic carbocycles. The van der Waals surface area contributed by atoms with E-state index in [2.05, 4.69) is 32.7 Å². The molecule has 0 atom stereocenters. The third kappa shape index (κ3) is 3.52. The smallest absolute Gasteiger partial charge is 0.251 e. The minimum atomic E-state index is -0.0172. The molecule has 0 unspecified atom stereocenters. The summed E-state index contributed by atoms with van der Waals surface area (Å²) in [6, 6.07) is 16.0. The Morgan fingerprint density at radius 1 is 1.10 bits per heavy atom. The van der Waals surface area contributed by atoms with Crippen molar-refractivity contribution in [3.63, 3.8) is 0 Å². The van der Waals surface area contributed by atoms with Gasteiger partial charge in [0.2, 0.25) is 0 Å². The molecule has 1 aromatic heterocycles. The van der Waals surface area contributed by atoms with Crippen LogP contribution in [0, 0.1) is 0 Å². The Morgan fingerprint density at radius 2 is 1.90 bits per heavy atom. The monoisotopic (exact) mass is 359 g/mol. The van der Waals surface area contributed by atoms with Gasteiger partial charge < -0.3 is 5.32 Å². The summed E-state index contributed by atoms with van der Waals surface area (Å²) in [4.78, 5) is 13.5. The van der Waals surface area contributed by atoms with Crippen molar-refractivity contribution in [2.45, 2.75) is 6.42 Å². The van der Waals surface area contributed by atoms with Gasteiger partial charge in [0.1, 0.15) is 0 Å². The van der Waals surface area contributed by atoms with E-state index >= 15 is 0 Å². The molecule has 0 aliphatic rings. The number of hydrogen-bond donors (Lipinski definition) is 1. The molecule has 0 saturated heterocycles. The van der Waals surface area contributed by atoms with Crippen LogP contribution in [0.4, 0.5) is 0 Å². The number of rotatable bonds is 4. The number of nitrogens with one attached hydrogen (secondary N) is 1. The predicted molar refractivity (Wildman–Crippen MR) is 92.0 cm³/mol. The number of hydrogen-bond acceptors (Lipinski definition) is 2. The molecule has 1 heterocycles. The number of thiophene rings is 1. The topological polar surface area (TPSA) is 29.1 Å². The maximum atomic E-state index is 12.2. The second-order valence-corrected chi connectivity index (χ2v) is 6.74. The average molecular weight is 360 g/mol. The van der Waals surface area contributed by atoms with E-state index in [9.17, 15) is 4.79 Å². The Labute approximate surface area is 135 Å². The molecule has 0 saturated carbocycles. The quantitative estimate of drug-likeness (QED) is 0.722. The molecule has 0 fully saturated rings. The van der Waals surface area contributed by atoms with Crippen LogP contribution in [0.25, 0.3) is 10.8 Å². The van der Waals surface area contributed by atoms with Crippen molar-refractivity contribution >= 4 is 43.9 Å². The lowest BCUT2D eigenvalue weighted by Gasteiger charge is -2.06. The van der Waals surface area contributed by atoms with Gasteiger partial charge in [-0.2, -0.15) is 0 Å². The first-order valence-corrected chi connectivity index (χ1v) is 8.39. The molecule has 2 nitrogen and oxygen atoms in total. The summed E-state index contributed by atoms with van der Waals surface area (Å²) in [5, 5.41) is 7.22. The number of amides is 1. The highest BCUT2D eigenvalue weighted by Crippen LogP contribution is 2.21. The third-order valence-electron chi connectivity index (χ3n) is 3.30. The van der Waals surface area contributed by atoms with Gasteiger partial charge in [-0.25, -0.2) is 0 Å². The van der Waals surface area contributed by atoms with E-state index in [0.29, 0.717) is 12.1 Å². The highest BCUT2D eigenvalue weighted by Gasteiger charge is 2.06. The Kier molecular flexibility index (Phi) is 4.36. The Morgan fingerprint density at radius 3 is 2.71 bits per heavy atom. The van der Waals surface area contributed by atoms with Crippen molar-refractivity contribution in [2.24, 2.45) is 0 Å². The third-order valence-corrected chi connectivity index (χ3v) is 4.73. The number of halogens is 1. The van der Waals surface area contributed by atoms with Crippen molar-refractivity contribution in [1.82, 2.24) is 5.32 Å². The fourth-order valence-corrected chi connectivity index (χ4v) is 3.30. The van der Waals surface area contributed by atoms with E-state index < -0.39 is 0 Å². The van der Waals surface area contributed by atoms with Gasteiger partial charge in [0.25, 0.3) is 5.91 Å². The minimum absolute atomic E-state index is 0.0172. The second kappa shape index (κ2) is 6.41. The zero-order valence-electron chi connectivity index (χ0n) is 11.3. The highest BCUT2D eigenvalue weighted by molar-refractivity contribution is 9.10. The van der Waals surface area contributed by atoms with E-state index in [1.807, 2.05) is 42.5 Å². The second-order valence-electron chi connectivity index (χ2n) is 4.79. The lowest BCUT2D eigenvalue weighted by molar-refractivity contribution is 0.0954. The molecule has 0 aliphatic carbocycles. The van der Waals surface area contributed by atoms with Gasteiger partial charge in [0.15, 0.2) is 0 Å². The van der Waals surface area contributed by atoms with Crippen LogP contribution in [0.1, 0.15) is 15.2 Å². The molecule has 1 amide bonds. The largest absolute Gasteiger partial charge is 0.352 e. The van der Waals surface area contributed by atoms with E-state index in [1.54, 1.807) is 11.3 Å². The van der Waals surface area contributed by atoms with Crippen molar-refractivity contribution < 1.29 is 4.79 Å². The maximum absolute atomic E-state index is 12.2. The van der Waals surface area contributed by atoms with Crippen molar-refractivity contribution in [1.29, 1.82) is 0 Å². The van der Waals surface area contributed by atoms with Crippen LogP contribution in [0.5, 0.6) is 0 Å². The van der Waals surface area contributed by atoms with Crippen LogP contribution in [0.15, 0.2) is 58.4 Å². The molecule has 4 heteroatoms. The van der Waals surface area contributed by atoms with E-state index in [0.717, 1.165) is 21.7 Å². The molecule has 0 spiro atoms. The van der Waals surface area contributed by atoms with Gasteiger partial charge in [-0.3, -0.25) is 4.79 Å². The van der Waals surface area contributed by atoms with Gasteiger partial charge in [0.05, 0.1) is 0 Å². The molecule has 0 aliphatic heterocycles. The molecular formula is C17H14BrNOS. The summed E-state index contributed by atoms with van der Waals surface area (Å²) >= 11 is 5.17. The summed E-state index contributed by atoms with van der Waals surface area (Å²) < 4.78 is 1.04. The SMILES string of the molecule is O=C(NCCc1cccs1)c1ccc2cc(Br)ccc2c1. The van der Waals surface area contributed by atoms with Crippen LogP contribution in [-0.4, -0.2) is 12.5 Å². The first-order chi connectivity index (χ1) is 10.2. The van der Waals surface area contributed by atoms with Crippen LogP contribution in [0.3, 0.4) is 0 Å². The molecule has 3 rings (SSSR count). The zero-order valence-corrected chi connectivity index (χ0v) is 13.7. The normalized spacial score (nSPS) is 10.7. The lowest BCUT2D eigenvalue weighted by atomic mass is 10.1. The Bertz CT molecular complexity index is 768. The fourth-order valence-electron chi connectivity index (χ4n) is 2.21. The highest BCUT2D eigenvalue weighted by atomic mass is 79.9. The lowest BCUT2D eigenvalue weighted by Crippen LogP contribution is -2.25. The van der Waals surface area contributed by atoms with Crippen LogP contribution in [-0.2, 0) is 6.42 Å². The van der Waals surface area contributed by atoms with E-state index in [1.165, 1.54) is 4.88 Å². The van der Waals surface area contributed by atoms with E-state index in [4.69, 9.17) is 0 Å². The van der Waals surface area contributed by atoms with Gasteiger partial charge in [-0.15, -0.1) is 11.3 Å². The van der Waals surface area contributed by atoms with E-state index in [-0.39, 0.29) is 5.91 Å². The summed E-state index contributed by atoms with van der Waals surface area (Å²) in [6.07, 6.45) is 0.879. The molecule has 0 radical (unpaired) electrons. The molecule has 0 bridgehead atoms. The summed E-state index contributed by atoms with van der Waals surface area (Å²) in [5.41, 5.74) is 0.705. The number of benzene rings is 2. The molecule has 21 heavy (non-hydrogen) atoms. The summed E-state index contributed by atoms with van der Waals surface area (Å²) in [5.74, 6) is -0.0172. The summed E-state index contributed by atoms with van der Waals surface area (Å²) in [7, 11) is 0. The molecular weight excluding hydrogens is 346 g/mol. The first kappa shape index (κ1) is 14.3. The Balaban J connectivity index is 1.68. The van der Waals surface area contributed by atoms with Gasteiger partial charge >= 0.3 is 0 Å². The van der Waals surface area contributed by atoms with Gasteiger partial charge in [0, 0.05) is 21.5 Å². The van der Waals surface area contributed by atoms with Crippen LogP contribution >= 0.6 is 27.3 Å². The van der Waals surface area contributed by atoms with Crippen molar-refractivity contribution in [3.05, 3.63) is 68.8 Å². The molecule has 106 valence electrons. The summed E-state index contributed by atoms with van der Waals surface area (Å²) in [6.45, 7) is 0.664. The van der Waals surface area contributed by atoms with Crippen molar-refractivity contribution in [2.75, 3.05) is 6.54 Å². The maximum Gasteiger partial charge on any atom is 0.251 e. The number of fused-ring (bicyclic) bond motifs is 1. The van der Waals surface area contributed by atoms with Crippen LogP contribution in [0.2, 0.25) is 0 Å². The zero-order chi connectivity index (χ0) is 14.7. The number of carbonyl (C=O) groups is 1. The predicted octanol–water partition coefficient (Wildman–Crippen LogP) is 4.64. The first-order valence-electron chi connectivity index (χ1n) is 6.72. The van der Waals surface area contributed by atoms with Crippen LogP contribution < -0.4 is 5.32 Å². The van der Waals surface area contributed by atoms with Gasteiger partial charge in [-0.05, 0) is 52.9 Å². The standard InChI is InChI=1S/C17H14BrNOS/c18-15-6-5-12-10-14(4-3-13(12)11-15)17(20)19-8-7-16-2-1-9-21-16/h1-6,9-11H,7-8H2,(H,19,20). The van der Waals surface area contributed by atoms with Crippen molar-refractivity contribution in [3.8, 4) is 0 Å².